The van der Waals surface area contributed by atoms with E-state index in [4.69, 9.17) is 44.0 Å². The van der Waals surface area contributed by atoms with Crippen LogP contribution in [0, 0.1) is 6.92 Å². The molecule has 4 rings (SSSR count). The van der Waals surface area contributed by atoms with Crippen LogP contribution in [0.1, 0.15) is 15.9 Å². The molecule has 30 heavy (non-hydrogen) atoms. The second kappa shape index (κ2) is 8.15. The van der Waals surface area contributed by atoms with E-state index >= 15 is 0 Å². The van der Waals surface area contributed by atoms with Gasteiger partial charge < -0.3 is 9.15 Å². The summed E-state index contributed by atoms with van der Waals surface area (Å²) in [6.07, 6.45) is 0. The van der Waals surface area contributed by atoms with Crippen LogP contribution in [0.25, 0.3) is 22.3 Å². The highest BCUT2D eigenvalue weighted by Crippen LogP contribution is 2.33. The van der Waals surface area contributed by atoms with Crippen molar-refractivity contribution in [1.82, 2.24) is 0 Å². The standard InChI is InChI=1S/C23H13Cl3O4/c1-12-9-19-17(11-18(12)26)20(27)22(21(29-19)13-5-7-15(24)8-6-13)30-23(28)14-3-2-4-16(25)10-14/h2-11H,1H3. The molecule has 150 valence electrons. The molecule has 0 atom stereocenters. The molecule has 0 aliphatic heterocycles. The van der Waals surface area contributed by atoms with Crippen LogP contribution < -0.4 is 10.2 Å². The van der Waals surface area contributed by atoms with Gasteiger partial charge in [-0.15, -0.1) is 0 Å². The first-order chi connectivity index (χ1) is 14.3. The lowest BCUT2D eigenvalue weighted by molar-refractivity contribution is 0.0731. The summed E-state index contributed by atoms with van der Waals surface area (Å²) in [6, 6.07) is 16.1. The number of hydrogen-bond donors (Lipinski definition) is 0. The third-order valence-electron chi connectivity index (χ3n) is 4.49. The van der Waals surface area contributed by atoms with Crippen molar-refractivity contribution >= 4 is 51.7 Å². The van der Waals surface area contributed by atoms with Gasteiger partial charge in [0, 0.05) is 20.6 Å². The normalized spacial score (nSPS) is 10.9. The number of aryl methyl sites for hydroxylation is 1. The molecule has 0 bridgehead atoms. The highest BCUT2D eigenvalue weighted by Gasteiger charge is 2.22. The Balaban J connectivity index is 1.93. The molecule has 0 amide bonds. The van der Waals surface area contributed by atoms with Crippen LogP contribution in [0.15, 0.2) is 69.9 Å². The molecule has 0 saturated carbocycles. The SMILES string of the molecule is Cc1cc2oc(-c3ccc(Cl)cc3)c(OC(=O)c3cccc(Cl)c3)c(=O)c2cc1Cl. The lowest BCUT2D eigenvalue weighted by Crippen LogP contribution is -2.16. The molecule has 0 aliphatic rings. The van der Waals surface area contributed by atoms with Crippen molar-refractivity contribution in [2.45, 2.75) is 6.92 Å². The summed E-state index contributed by atoms with van der Waals surface area (Å²) in [4.78, 5) is 25.9. The van der Waals surface area contributed by atoms with Crippen LogP contribution in [-0.2, 0) is 0 Å². The van der Waals surface area contributed by atoms with Crippen molar-refractivity contribution < 1.29 is 13.9 Å². The summed E-state index contributed by atoms with van der Waals surface area (Å²) >= 11 is 18.1. The third-order valence-corrected chi connectivity index (χ3v) is 5.39. The van der Waals surface area contributed by atoms with E-state index in [0.29, 0.717) is 26.2 Å². The fraction of sp³-hybridized carbons (Fsp3) is 0.0435. The maximum absolute atomic E-state index is 13.2. The van der Waals surface area contributed by atoms with Crippen molar-refractivity contribution in [1.29, 1.82) is 0 Å². The number of benzene rings is 3. The average Bonchev–Trinajstić information content (AvgIpc) is 2.72. The van der Waals surface area contributed by atoms with E-state index in [0.717, 1.165) is 5.56 Å². The van der Waals surface area contributed by atoms with E-state index in [2.05, 4.69) is 0 Å². The Labute approximate surface area is 186 Å². The number of halogens is 3. The van der Waals surface area contributed by atoms with Gasteiger partial charge in [0.2, 0.25) is 11.2 Å². The molecule has 4 nitrogen and oxygen atoms in total. The molecule has 0 N–H and O–H groups in total. The Bertz CT molecular complexity index is 1340. The second-order valence-electron chi connectivity index (χ2n) is 6.59. The minimum Gasteiger partial charge on any atom is -0.452 e. The maximum atomic E-state index is 13.2. The number of fused-ring (bicyclic) bond motifs is 1. The molecule has 4 aromatic rings. The quantitative estimate of drug-likeness (QED) is 0.311. The number of ether oxygens (including phenoxy) is 1. The first kappa shape index (κ1) is 20.5. The zero-order valence-corrected chi connectivity index (χ0v) is 17.8. The number of rotatable bonds is 3. The fourth-order valence-corrected chi connectivity index (χ4v) is 3.43. The Morgan fingerprint density at radius 1 is 0.933 bits per heavy atom. The van der Waals surface area contributed by atoms with Crippen molar-refractivity contribution in [2.24, 2.45) is 0 Å². The van der Waals surface area contributed by atoms with Crippen LogP contribution in [0.5, 0.6) is 5.75 Å². The smallest absolute Gasteiger partial charge is 0.343 e. The van der Waals surface area contributed by atoms with Crippen LogP contribution in [0.3, 0.4) is 0 Å². The van der Waals surface area contributed by atoms with Crippen molar-refractivity contribution in [3.05, 3.63) is 97.1 Å². The lowest BCUT2D eigenvalue weighted by Gasteiger charge is -2.12. The molecular weight excluding hydrogens is 447 g/mol. The van der Waals surface area contributed by atoms with E-state index < -0.39 is 11.4 Å². The summed E-state index contributed by atoms with van der Waals surface area (Å²) < 4.78 is 11.5. The predicted octanol–water partition coefficient (Wildman–Crippen LogP) is 6.95. The third kappa shape index (κ3) is 3.94. The number of hydrogen-bond acceptors (Lipinski definition) is 4. The van der Waals surface area contributed by atoms with Crippen molar-refractivity contribution in [2.75, 3.05) is 0 Å². The molecule has 7 heteroatoms. The Morgan fingerprint density at radius 2 is 1.67 bits per heavy atom. The molecule has 0 saturated heterocycles. The summed E-state index contributed by atoms with van der Waals surface area (Å²) in [5.74, 6) is -0.867. The van der Waals surface area contributed by atoms with Crippen LogP contribution in [-0.4, -0.2) is 5.97 Å². The van der Waals surface area contributed by atoms with Crippen molar-refractivity contribution in [3.63, 3.8) is 0 Å². The Morgan fingerprint density at radius 3 is 2.37 bits per heavy atom. The van der Waals surface area contributed by atoms with Gasteiger partial charge in [-0.2, -0.15) is 0 Å². The van der Waals surface area contributed by atoms with E-state index in [1.54, 1.807) is 55.5 Å². The van der Waals surface area contributed by atoms with E-state index in [-0.39, 0.29) is 22.5 Å². The van der Waals surface area contributed by atoms with Gasteiger partial charge >= 0.3 is 5.97 Å². The van der Waals surface area contributed by atoms with Crippen LogP contribution in [0.4, 0.5) is 0 Å². The molecule has 0 radical (unpaired) electrons. The topological polar surface area (TPSA) is 56.5 Å². The summed E-state index contributed by atoms with van der Waals surface area (Å²) in [5, 5.41) is 1.50. The predicted molar refractivity (Wildman–Crippen MR) is 119 cm³/mol. The summed E-state index contributed by atoms with van der Waals surface area (Å²) in [5.41, 5.74) is 1.29. The highest BCUT2D eigenvalue weighted by molar-refractivity contribution is 6.32. The molecule has 1 heterocycles. The zero-order valence-electron chi connectivity index (χ0n) is 15.5. The summed E-state index contributed by atoms with van der Waals surface area (Å²) in [7, 11) is 0. The molecule has 0 aliphatic carbocycles. The van der Waals surface area contributed by atoms with Gasteiger partial charge in [-0.3, -0.25) is 4.79 Å². The van der Waals surface area contributed by atoms with Crippen LogP contribution >= 0.6 is 34.8 Å². The number of esters is 1. The largest absolute Gasteiger partial charge is 0.452 e. The lowest BCUT2D eigenvalue weighted by atomic mass is 10.1. The average molecular weight is 460 g/mol. The molecule has 0 unspecified atom stereocenters. The van der Waals surface area contributed by atoms with Gasteiger partial charge in [-0.05, 0) is 67.1 Å². The Kier molecular flexibility index (Phi) is 5.56. The van der Waals surface area contributed by atoms with Gasteiger partial charge in [0.1, 0.15) is 5.58 Å². The van der Waals surface area contributed by atoms with E-state index in [9.17, 15) is 9.59 Å². The highest BCUT2D eigenvalue weighted by atomic mass is 35.5. The van der Waals surface area contributed by atoms with E-state index in [1.165, 1.54) is 12.1 Å². The first-order valence-electron chi connectivity index (χ1n) is 8.84. The number of carbonyl (C=O) groups is 1. The monoisotopic (exact) mass is 458 g/mol. The fourth-order valence-electron chi connectivity index (χ4n) is 2.95. The first-order valence-corrected chi connectivity index (χ1v) is 9.97. The van der Waals surface area contributed by atoms with Gasteiger partial charge in [-0.25, -0.2) is 4.79 Å². The van der Waals surface area contributed by atoms with Crippen LogP contribution in [0.2, 0.25) is 15.1 Å². The molecule has 0 fully saturated rings. The second-order valence-corrected chi connectivity index (χ2v) is 7.87. The number of carbonyl (C=O) groups excluding carboxylic acids is 1. The molecule has 3 aromatic carbocycles. The van der Waals surface area contributed by atoms with Gasteiger partial charge in [-0.1, -0.05) is 40.9 Å². The molecule has 1 aromatic heterocycles. The van der Waals surface area contributed by atoms with Gasteiger partial charge in [0.05, 0.1) is 10.9 Å². The maximum Gasteiger partial charge on any atom is 0.343 e. The minimum absolute atomic E-state index is 0.112. The van der Waals surface area contributed by atoms with Crippen molar-refractivity contribution in [3.8, 4) is 17.1 Å². The van der Waals surface area contributed by atoms with Gasteiger partial charge in [0.15, 0.2) is 5.76 Å². The minimum atomic E-state index is -0.738. The summed E-state index contributed by atoms with van der Waals surface area (Å²) in [6.45, 7) is 1.80. The van der Waals surface area contributed by atoms with Gasteiger partial charge in [0.25, 0.3) is 0 Å². The van der Waals surface area contributed by atoms with E-state index in [1.807, 2.05) is 0 Å². The molecular formula is C23H13Cl3O4. The zero-order chi connectivity index (χ0) is 21.4. The molecule has 0 spiro atoms. The Hall–Kier alpha value is -2.79.